The van der Waals surface area contributed by atoms with Crippen LogP contribution in [0.1, 0.15) is 75.9 Å². The van der Waals surface area contributed by atoms with Crippen LogP contribution in [0.15, 0.2) is 60.8 Å². The molecule has 6 heteroatoms. The maximum absolute atomic E-state index is 14.0. The molecule has 35 heavy (non-hydrogen) atoms. The van der Waals surface area contributed by atoms with Crippen molar-refractivity contribution in [1.82, 2.24) is 9.80 Å². The van der Waals surface area contributed by atoms with Gasteiger partial charge in [0.15, 0.2) is 0 Å². The summed E-state index contributed by atoms with van der Waals surface area (Å²) in [6.07, 6.45) is 3.16. The lowest BCUT2D eigenvalue weighted by Crippen LogP contribution is -2.67. The van der Waals surface area contributed by atoms with Gasteiger partial charge in [0.05, 0.1) is 5.56 Å². The fourth-order valence-corrected chi connectivity index (χ4v) is 6.86. The summed E-state index contributed by atoms with van der Waals surface area (Å²) in [5.41, 5.74) is -1.42. The van der Waals surface area contributed by atoms with Gasteiger partial charge in [-0.15, -0.1) is 0 Å². The molecule has 2 aliphatic heterocycles. The average molecular weight is 477 g/mol. The SMILES string of the molecule is CC(C)N1C(C)(C)CC(N2C=C(c3ccccc3)C(=O)C2(O)c2ccccc2C(=O)O)CC1(C)C. The summed E-state index contributed by atoms with van der Waals surface area (Å²) in [6, 6.07) is 15.7. The Bertz CT molecular complexity index is 1150. The van der Waals surface area contributed by atoms with E-state index < -0.39 is 17.5 Å². The van der Waals surface area contributed by atoms with E-state index in [1.165, 1.54) is 6.07 Å². The van der Waals surface area contributed by atoms with Crippen molar-refractivity contribution in [3.63, 3.8) is 0 Å². The van der Waals surface area contributed by atoms with Crippen molar-refractivity contribution in [2.45, 2.75) is 83.3 Å². The van der Waals surface area contributed by atoms with Gasteiger partial charge >= 0.3 is 5.97 Å². The van der Waals surface area contributed by atoms with Gasteiger partial charge in [0.1, 0.15) is 0 Å². The van der Waals surface area contributed by atoms with E-state index in [-0.39, 0.29) is 28.2 Å². The van der Waals surface area contributed by atoms with Crippen molar-refractivity contribution < 1.29 is 19.8 Å². The Morgan fingerprint density at radius 2 is 1.49 bits per heavy atom. The monoisotopic (exact) mass is 476 g/mol. The number of piperidine rings is 1. The number of carbonyl (C=O) groups excluding carboxylic acids is 1. The first-order valence-corrected chi connectivity index (χ1v) is 12.3. The Hall–Kier alpha value is -2.96. The van der Waals surface area contributed by atoms with Crippen LogP contribution < -0.4 is 0 Å². The van der Waals surface area contributed by atoms with E-state index in [9.17, 15) is 19.8 Å². The molecule has 2 aromatic carbocycles. The van der Waals surface area contributed by atoms with Crippen molar-refractivity contribution in [3.05, 3.63) is 77.5 Å². The van der Waals surface area contributed by atoms with E-state index in [2.05, 4.69) is 46.4 Å². The van der Waals surface area contributed by atoms with Crippen LogP contribution in [0.2, 0.25) is 0 Å². The molecular formula is C29H36N2O4. The number of aromatic carboxylic acids is 1. The Kier molecular flexibility index (Phi) is 6.18. The largest absolute Gasteiger partial charge is 0.478 e. The van der Waals surface area contributed by atoms with Gasteiger partial charge in [-0.05, 0) is 66.0 Å². The van der Waals surface area contributed by atoms with Crippen molar-refractivity contribution in [2.24, 2.45) is 0 Å². The van der Waals surface area contributed by atoms with E-state index in [0.717, 1.165) is 0 Å². The predicted molar refractivity (Wildman–Crippen MR) is 137 cm³/mol. The number of Topliss-reactive ketones (excluding diaryl/α,β-unsaturated/α-hetero) is 1. The molecular weight excluding hydrogens is 440 g/mol. The second kappa shape index (κ2) is 8.61. The molecule has 2 N–H and O–H groups in total. The number of ketones is 1. The molecule has 0 spiro atoms. The molecule has 1 saturated heterocycles. The molecule has 0 aromatic heterocycles. The highest BCUT2D eigenvalue weighted by molar-refractivity contribution is 6.26. The summed E-state index contributed by atoms with van der Waals surface area (Å²) in [5, 5.41) is 22.2. The van der Waals surface area contributed by atoms with Gasteiger partial charge in [-0.3, -0.25) is 9.69 Å². The fourth-order valence-electron chi connectivity index (χ4n) is 6.86. The van der Waals surface area contributed by atoms with Crippen LogP contribution in [-0.4, -0.2) is 54.9 Å². The lowest BCUT2D eigenvalue weighted by molar-refractivity contribution is -0.163. The Balaban J connectivity index is 1.89. The van der Waals surface area contributed by atoms with Gasteiger partial charge in [-0.25, -0.2) is 4.79 Å². The van der Waals surface area contributed by atoms with Crippen molar-refractivity contribution in [2.75, 3.05) is 0 Å². The second-order valence-electron chi connectivity index (χ2n) is 11.3. The molecule has 6 nitrogen and oxygen atoms in total. The highest BCUT2D eigenvalue weighted by atomic mass is 16.4. The van der Waals surface area contributed by atoms with E-state index >= 15 is 0 Å². The van der Waals surface area contributed by atoms with Crippen LogP contribution in [0.5, 0.6) is 0 Å². The van der Waals surface area contributed by atoms with E-state index in [4.69, 9.17) is 0 Å². The van der Waals surface area contributed by atoms with Crippen molar-refractivity contribution >= 4 is 17.3 Å². The summed E-state index contributed by atoms with van der Waals surface area (Å²) in [6.45, 7) is 13.2. The molecule has 4 rings (SSSR count). The molecule has 186 valence electrons. The quantitative estimate of drug-likeness (QED) is 0.640. The minimum absolute atomic E-state index is 0.0748. The lowest BCUT2D eigenvalue weighted by Gasteiger charge is -2.59. The zero-order chi connectivity index (χ0) is 25.8. The van der Waals surface area contributed by atoms with Crippen molar-refractivity contribution in [1.29, 1.82) is 0 Å². The Labute approximate surface area is 207 Å². The molecule has 0 aliphatic carbocycles. The number of hydrogen-bond acceptors (Lipinski definition) is 5. The number of rotatable bonds is 5. The molecule has 1 unspecified atom stereocenters. The second-order valence-corrected chi connectivity index (χ2v) is 11.3. The smallest absolute Gasteiger partial charge is 0.336 e. The van der Waals surface area contributed by atoms with Crippen LogP contribution in [-0.2, 0) is 10.5 Å². The number of likely N-dealkylation sites (tertiary alicyclic amines) is 1. The minimum atomic E-state index is -2.11. The van der Waals surface area contributed by atoms with Gasteiger partial charge in [0.25, 0.3) is 0 Å². The van der Waals surface area contributed by atoms with Crippen LogP contribution in [0, 0.1) is 0 Å². The standard InChI is InChI=1S/C29H36N2O4/c1-19(2)31-27(3,4)16-21(17-28(31,5)6)30-18-23(20-12-8-7-9-13-20)25(32)29(30,35)24-15-11-10-14-22(24)26(33)34/h7-15,18-19,21,35H,16-17H2,1-6H3,(H,33,34). The highest BCUT2D eigenvalue weighted by Gasteiger charge is 2.56. The molecule has 2 aromatic rings. The molecule has 1 fully saturated rings. The van der Waals surface area contributed by atoms with Crippen LogP contribution >= 0.6 is 0 Å². The first kappa shape index (κ1) is 25.1. The van der Waals surface area contributed by atoms with Gasteiger partial charge < -0.3 is 15.1 Å². The van der Waals surface area contributed by atoms with Gasteiger partial charge in [0.2, 0.25) is 11.5 Å². The van der Waals surface area contributed by atoms with Crippen molar-refractivity contribution in [3.8, 4) is 0 Å². The topological polar surface area (TPSA) is 81.1 Å². The molecule has 0 radical (unpaired) electrons. The normalized spacial score (nSPS) is 24.6. The molecule has 0 bridgehead atoms. The number of carboxylic acid groups (broad SMARTS) is 1. The zero-order valence-corrected chi connectivity index (χ0v) is 21.4. The highest BCUT2D eigenvalue weighted by Crippen LogP contribution is 2.48. The Morgan fingerprint density at radius 3 is 2.03 bits per heavy atom. The molecule has 0 saturated carbocycles. The third-order valence-electron chi connectivity index (χ3n) is 7.51. The molecule has 2 aliphatic rings. The molecule has 2 heterocycles. The van der Waals surface area contributed by atoms with E-state index in [1.54, 1.807) is 29.3 Å². The predicted octanol–water partition coefficient (Wildman–Crippen LogP) is 4.89. The summed E-state index contributed by atoms with van der Waals surface area (Å²) < 4.78 is 0. The zero-order valence-electron chi connectivity index (χ0n) is 21.4. The summed E-state index contributed by atoms with van der Waals surface area (Å²) in [4.78, 5) is 30.3. The third-order valence-corrected chi connectivity index (χ3v) is 7.51. The number of benzene rings is 2. The van der Waals surface area contributed by atoms with Gasteiger partial charge in [-0.1, -0.05) is 48.5 Å². The van der Waals surface area contributed by atoms with Gasteiger partial charge in [0, 0.05) is 40.5 Å². The van der Waals surface area contributed by atoms with E-state index in [1.807, 2.05) is 30.3 Å². The maximum atomic E-state index is 14.0. The first-order chi connectivity index (χ1) is 16.3. The number of carboxylic acids is 1. The van der Waals surface area contributed by atoms with Crippen LogP contribution in [0.4, 0.5) is 0 Å². The number of hydrogen-bond donors (Lipinski definition) is 2. The fraction of sp³-hybridized carbons (Fsp3) is 0.448. The third kappa shape index (κ3) is 4.09. The number of aliphatic hydroxyl groups is 1. The maximum Gasteiger partial charge on any atom is 0.336 e. The lowest BCUT2D eigenvalue weighted by atomic mass is 9.74. The number of carbonyl (C=O) groups is 2. The molecule has 1 atom stereocenters. The van der Waals surface area contributed by atoms with E-state index in [0.29, 0.717) is 30.0 Å². The number of nitrogens with zero attached hydrogens (tertiary/aromatic N) is 2. The van der Waals surface area contributed by atoms with Crippen LogP contribution in [0.25, 0.3) is 5.57 Å². The first-order valence-electron chi connectivity index (χ1n) is 12.3. The minimum Gasteiger partial charge on any atom is -0.478 e. The summed E-state index contributed by atoms with van der Waals surface area (Å²) in [7, 11) is 0. The Morgan fingerprint density at radius 1 is 0.943 bits per heavy atom. The summed E-state index contributed by atoms with van der Waals surface area (Å²) >= 11 is 0. The average Bonchev–Trinajstić information content (AvgIpc) is 3.04. The molecule has 0 amide bonds. The van der Waals surface area contributed by atoms with Crippen LogP contribution in [0.3, 0.4) is 0 Å². The van der Waals surface area contributed by atoms with Gasteiger partial charge in [-0.2, -0.15) is 0 Å². The summed E-state index contributed by atoms with van der Waals surface area (Å²) in [5.74, 6) is -1.68.